The van der Waals surface area contributed by atoms with E-state index in [1.807, 2.05) is 6.92 Å². The fourth-order valence-electron chi connectivity index (χ4n) is 4.82. The van der Waals surface area contributed by atoms with E-state index in [1.165, 1.54) is 18.3 Å². The average Bonchev–Trinajstić information content (AvgIpc) is 2.89. The van der Waals surface area contributed by atoms with E-state index in [0.29, 0.717) is 0 Å². The number of aliphatic imine (C=N–C) groups is 1. The fraction of sp³-hybridized carbons (Fsp3) is 0.393. The van der Waals surface area contributed by atoms with Crippen molar-refractivity contribution in [2.45, 2.75) is 64.3 Å². The number of hydrogen-bond acceptors (Lipinski definition) is 4. The van der Waals surface area contributed by atoms with Crippen molar-refractivity contribution in [1.29, 1.82) is 0 Å². The lowest BCUT2D eigenvalue weighted by atomic mass is 9.71. The molecule has 1 amide bonds. The molecule has 0 saturated carbocycles. The van der Waals surface area contributed by atoms with Gasteiger partial charge in [0, 0.05) is 35.3 Å². The average molecular weight is 533 g/mol. The van der Waals surface area contributed by atoms with Crippen molar-refractivity contribution in [1.82, 2.24) is 9.88 Å². The Morgan fingerprint density at radius 1 is 1.32 bits per heavy atom. The number of aromatic nitrogens is 1. The maximum Gasteiger partial charge on any atom is 0.261 e. The molecule has 0 radical (unpaired) electrons. The number of allylic oxidation sites excluding steroid dienone is 2. The van der Waals surface area contributed by atoms with Crippen LogP contribution in [0, 0.1) is 11.6 Å². The minimum atomic E-state index is -1.47. The van der Waals surface area contributed by atoms with E-state index in [-0.39, 0.29) is 40.1 Å². The van der Waals surface area contributed by atoms with E-state index in [2.05, 4.69) is 35.5 Å². The topological polar surface area (TPSA) is 57.6 Å². The molecular weight excluding hydrogens is 501 g/mol. The van der Waals surface area contributed by atoms with Gasteiger partial charge in [0.2, 0.25) is 0 Å². The highest BCUT2D eigenvalue weighted by Crippen LogP contribution is 2.45. The molecule has 1 N–H and O–H groups in total. The highest BCUT2D eigenvalue weighted by atomic mass is 35.5. The van der Waals surface area contributed by atoms with Gasteiger partial charge in [0.05, 0.1) is 10.6 Å². The van der Waals surface area contributed by atoms with Gasteiger partial charge < -0.3 is 5.32 Å². The van der Waals surface area contributed by atoms with Gasteiger partial charge in [-0.3, -0.25) is 9.69 Å². The molecule has 1 aliphatic heterocycles. The summed E-state index contributed by atoms with van der Waals surface area (Å²) in [6, 6.07) is 4.36. The smallest absolute Gasteiger partial charge is 0.261 e. The van der Waals surface area contributed by atoms with E-state index in [1.54, 1.807) is 13.0 Å². The monoisotopic (exact) mass is 532 g/mol. The number of anilines is 1. The van der Waals surface area contributed by atoms with Crippen molar-refractivity contribution in [3.8, 4) is 0 Å². The van der Waals surface area contributed by atoms with Crippen LogP contribution in [0.25, 0.3) is 0 Å². The molecule has 0 spiro atoms. The van der Waals surface area contributed by atoms with E-state index in [0.717, 1.165) is 43.1 Å². The molecular formula is C28H32ClF3N4O. The zero-order chi connectivity index (χ0) is 27.3. The Balaban J connectivity index is 2.24. The molecule has 0 bridgehead atoms. The Morgan fingerprint density at radius 3 is 2.68 bits per heavy atom. The van der Waals surface area contributed by atoms with Crippen LogP contribution in [-0.2, 0) is 5.41 Å². The third-order valence-electron chi connectivity index (χ3n) is 6.86. The summed E-state index contributed by atoms with van der Waals surface area (Å²) in [5.41, 5.74) is -1.60. The van der Waals surface area contributed by atoms with Crippen molar-refractivity contribution in [2.75, 3.05) is 11.9 Å². The van der Waals surface area contributed by atoms with Crippen molar-refractivity contribution in [3.05, 3.63) is 82.0 Å². The van der Waals surface area contributed by atoms with Crippen LogP contribution in [0.4, 0.5) is 19.0 Å². The quantitative estimate of drug-likeness (QED) is 0.184. The summed E-state index contributed by atoms with van der Waals surface area (Å²) in [6.07, 6.45) is 6.80. The Labute approximate surface area is 221 Å². The summed E-state index contributed by atoms with van der Waals surface area (Å²) >= 11 is 6.08. The first-order chi connectivity index (χ1) is 17.6. The first-order valence-electron chi connectivity index (χ1n) is 12.3. The summed E-state index contributed by atoms with van der Waals surface area (Å²) in [6.45, 7) is 12.1. The van der Waals surface area contributed by atoms with Crippen LogP contribution in [0.15, 0.2) is 53.7 Å². The first kappa shape index (κ1) is 28.4. The fourth-order valence-corrected chi connectivity index (χ4v) is 4.99. The van der Waals surface area contributed by atoms with Crippen LogP contribution in [0.1, 0.15) is 74.4 Å². The molecule has 1 aromatic heterocycles. The molecule has 2 aromatic rings. The molecule has 2 unspecified atom stereocenters. The number of nitrogens with one attached hydrogen (secondary N) is 1. The van der Waals surface area contributed by atoms with Crippen LogP contribution >= 0.6 is 11.6 Å². The van der Waals surface area contributed by atoms with Gasteiger partial charge in [0.15, 0.2) is 23.3 Å². The third kappa shape index (κ3) is 5.44. The molecule has 198 valence electrons. The molecule has 0 aliphatic carbocycles. The van der Waals surface area contributed by atoms with E-state index >= 15 is 8.78 Å². The van der Waals surface area contributed by atoms with Gasteiger partial charge in [0.25, 0.3) is 5.91 Å². The number of carbonyl (C=O) groups excluding carboxylic acids is 1. The number of benzene rings is 1. The second-order valence-corrected chi connectivity index (χ2v) is 9.72. The highest BCUT2D eigenvalue weighted by molar-refractivity contribution is 6.30. The van der Waals surface area contributed by atoms with Gasteiger partial charge >= 0.3 is 0 Å². The summed E-state index contributed by atoms with van der Waals surface area (Å²) in [5.74, 6) is -3.57. The van der Waals surface area contributed by atoms with Gasteiger partial charge in [-0.15, -0.1) is 0 Å². The predicted octanol–water partition coefficient (Wildman–Crippen LogP) is 7.57. The minimum Gasteiger partial charge on any atom is -0.365 e. The lowest BCUT2D eigenvalue weighted by molar-refractivity contribution is 0.0746. The van der Waals surface area contributed by atoms with Crippen LogP contribution in [0.5, 0.6) is 0 Å². The molecule has 1 aliphatic rings. The van der Waals surface area contributed by atoms with Gasteiger partial charge in [-0.2, -0.15) is 0 Å². The molecule has 2 atom stereocenters. The number of amides is 1. The highest BCUT2D eigenvalue weighted by Gasteiger charge is 2.47. The zero-order valence-electron chi connectivity index (χ0n) is 21.4. The number of pyridine rings is 1. The van der Waals surface area contributed by atoms with Crippen LogP contribution in [-0.4, -0.2) is 35.1 Å². The Bertz CT molecular complexity index is 1230. The summed E-state index contributed by atoms with van der Waals surface area (Å²) in [4.78, 5) is 22.4. The van der Waals surface area contributed by atoms with Crippen molar-refractivity contribution >= 4 is 30.0 Å². The number of carbonyl (C=O) groups is 1. The van der Waals surface area contributed by atoms with Crippen LogP contribution in [0.3, 0.4) is 0 Å². The third-order valence-corrected chi connectivity index (χ3v) is 7.15. The predicted molar refractivity (Wildman–Crippen MR) is 143 cm³/mol. The van der Waals surface area contributed by atoms with Crippen molar-refractivity contribution in [2.24, 2.45) is 4.99 Å². The molecule has 1 aromatic carbocycles. The first-order valence-corrected chi connectivity index (χ1v) is 12.7. The number of hydrogen-bond donors (Lipinski definition) is 1. The number of unbranched alkanes of at least 4 members (excludes halogenated alkanes) is 2. The number of fused-ring (bicyclic) bond motifs is 1. The number of rotatable bonds is 11. The number of halogens is 4. The maximum atomic E-state index is 16.3. The van der Waals surface area contributed by atoms with Gasteiger partial charge in [-0.25, -0.2) is 23.1 Å². The van der Waals surface area contributed by atoms with Gasteiger partial charge in [-0.1, -0.05) is 63.4 Å². The maximum absolute atomic E-state index is 16.3. The molecule has 9 heteroatoms. The normalized spacial score (nSPS) is 18.7. The Kier molecular flexibility index (Phi) is 9.18. The van der Waals surface area contributed by atoms with Crippen molar-refractivity contribution < 1.29 is 18.0 Å². The molecule has 37 heavy (non-hydrogen) atoms. The summed E-state index contributed by atoms with van der Waals surface area (Å²) < 4.78 is 46.3. The Hall–Kier alpha value is -3.13. The van der Waals surface area contributed by atoms with E-state index < -0.39 is 34.6 Å². The van der Waals surface area contributed by atoms with Gasteiger partial charge in [-0.05, 0) is 38.6 Å². The summed E-state index contributed by atoms with van der Waals surface area (Å²) in [7, 11) is 0. The molecule has 0 saturated heterocycles. The summed E-state index contributed by atoms with van der Waals surface area (Å²) in [5, 5.41) is 3.01. The lowest BCUT2D eigenvalue weighted by Crippen LogP contribution is -2.49. The number of nitrogens with zero attached hydrogens (tertiary/aromatic N) is 3. The van der Waals surface area contributed by atoms with Crippen LogP contribution < -0.4 is 5.32 Å². The molecule has 3 rings (SSSR count). The standard InChI is InChI=1S/C28H32ClF3N4O/c1-6-9-10-12-17(7-2)35-25-24(32)22-18(15-34-25)27(37)36(26(33-5)21(30)8-3)16-28(22,4)19-13-11-14-20(29)23(19)31/h8,11,13-15,17H,3,5-7,9-10,12,16H2,1-2,4H3,(H,34,35)/b26-21-. The lowest BCUT2D eigenvalue weighted by Gasteiger charge is -2.42. The van der Waals surface area contributed by atoms with Gasteiger partial charge in [0.1, 0.15) is 5.82 Å². The second-order valence-electron chi connectivity index (χ2n) is 9.31. The molecule has 5 nitrogen and oxygen atoms in total. The minimum absolute atomic E-state index is 0.0214. The van der Waals surface area contributed by atoms with Crippen molar-refractivity contribution in [3.63, 3.8) is 0 Å². The van der Waals surface area contributed by atoms with E-state index in [9.17, 15) is 9.18 Å². The SMILES string of the molecule is C=C/C(F)=C(\N=C)N1CC(C)(c2cccc(Cl)c2F)c2c(cnc(NC(CC)CCCCC)c2F)C1=O. The Morgan fingerprint density at radius 2 is 2.05 bits per heavy atom. The zero-order valence-corrected chi connectivity index (χ0v) is 22.1. The van der Waals surface area contributed by atoms with E-state index in [4.69, 9.17) is 11.6 Å². The molecule has 2 heterocycles. The van der Waals surface area contributed by atoms with Crippen LogP contribution in [0.2, 0.25) is 5.02 Å². The second kappa shape index (κ2) is 11.9. The largest absolute Gasteiger partial charge is 0.365 e. The molecule has 0 fully saturated rings.